The van der Waals surface area contributed by atoms with Crippen molar-refractivity contribution in [2.75, 3.05) is 25.5 Å². The summed E-state index contributed by atoms with van der Waals surface area (Å²) in [6, 6.07) is 6.32. The maximum Gasteiger partial charge on any atom is 0.132 e. The van der Waals surface area contributed by atoms with E-state index in [0.717, 1.165) is 42.5 Å². The van der Waals surface area contributed by atoms with Gasteiger partial charge >= 0.3 is 0 Å². The number of pyridine rings is 1. The van der Waals surface area contributed by atoms with Gasteiger partial charge in [-0.3, -0.25) is 9.88 Å². The second-order valence-electron chi connectivity index (χ2n) is 6.19. The molecule has 3 heterocycles. The second kappa shape index (κ2) is 6.81. The lowest BCUT2D eigenvalue weighted by Crippen LogP contribution is -2.25. The first kappa shape index (κ1) is 16.1. The highest BCUT2D eigenvalue weighted by Crippen LogP contribution is 2.33. The molecule has 1 aliphatic heterocycles. The van der Waals surface area contributed by atoms with Gasteiger partial charge in [0, 0.05) is 32.9 Å². The summed E-state index contributed by atoms with van der Waals surface area (Å²) in [5, 5.41) is 0.675. The fourth-order valence-corrected chi connectivity index (χ4v) is 3.14. The van der Waals surface area contributed by atoms with Crippen molar-refractivity contribution < 1.29 is 0 Å². The average molecular weight is 332 g/mol. The molecule has 0 saturated carbocycles. The third kappa shape index (κ3) is 3.79. The van der Waals surface area contributed by atoms with Crippen molar-refractivity contribution in [1.82, 2.24) is 19.9 Å². The molecular weight excluding hydrogens is 310 g/mol. The highest BCUT2D eigenvalue weighted by molar-refractivity contribution is 6.30. The molecule has 5 nitrogen and oxygen atoms in total. The maximum absolute atomic E-state index is 5.92. The van der Waals surface area contributed by atoms with Gasteiger partial charge in [-0.25, -0.2) is 9.97 Å². The van der Waals surface area contributed by atoms with Crippen LogP contribution >= 0.6 is 11.6 Å². The lowest BCUT2D eigenvalue weighted by molar-refractivity contribution is 0.241. The molecular formula is C17H22ClN5. The Hall–Kier alpha value is -1.72. The smallest absolute Gasteiger partial charge is 0.132 e. The predicted octanol–water partition coefficient (Wildman–Crippen LogP) is 3.24. The molecule has 0 unspecified atom stereocenters. The standard InChI is InChI=1S/C17H22ClN5/c1-12-20-15(9-17(21-12)22(2)3)16-5-4-8-23(16)11-14-7-6-13(18)10-19-14/h6-7,9-10,16H,4-5,8,11H2,1-3H3/t16-/m0/s1. The van der Waals surface area contributed by atoms with Gasteiger partial charge < -0.3 is 4.90 Å². The lowest BCUT2D eigenvalue weighted by atomic mass is 10.1. The SMILES string of the molecule is Cc1nc([C@@H]2CCCN2Cc2ccc(Cl)cn2)cc(N(C)C)n1. The summed E-state index contributed by atoms with van der Waals surface area (Å²) in [7, 11) is 4.02. The van der Waals surface area contributed by atoms with E-state index in [1.54, 1.807) is 6.20 Å². The van der Waals surface area contributed by atoms with Gasteiger partial charge in [0.25, 0.3) is 0 Å². The molecule has 0 N–H and O–H groups in total. The van der Waals surface area contributed by atoms with Crippen LogP contribution in [0.3, 0.4) is 0 Å². The normalized spacial score (nSPS) is 18.3. The minimum Gasteiger partial charge on any atom is -0.363 e. The van der Waals surface area contributed by atoms with Crippen molar-refractivity contribution in [2.24, 2.45) is 0 Å². The average Bonchev–Trinajstić information content (AvgIpc) is 2.97. The van der Waals surface area contributed by atoms with E-state index in [2.05, 4.69) is 25.9 Å². The van der Waals surface area contributed by atoms with E-state index < -0.39 is 0 Å². The number of anilines is 1. The Morgan fingerprint density at radius 3 is 2.83 bits per heavy atom. The van der Waals surface area contributed by atoms with Crippen molar-refractivity contribution in [2.45, 2.75) is 32.4 Å². The maximum atomic E-state index is 5.92. The quantitative estimate of drug-likeness (QED) is 0.860. The third-order valence-corrected chi connectivity index (χ3v) is 4.38. The molecule has 2 aromatic rings. The molecule has 122 valence electrons. The molecule has 3 rings (SSSR count). The molecule has 1 fully saturated rings. The molecule has 0 amide bonds. The van der Waals surface area contributed by atoms with E-state index in [4.69, 9.17) is 11.6 Å². The Bertz CT molecular complexity index is 671. The van der Waals surface area contributed by atoms with Crippen LogP contribution in [0.5, 0.6) is 0 Å². The molecule has 0 aliphatic carbocycles. The second-order valence-corrected chi connectivity index (χ2v) is 6.63. The fourth-order valence-electron chi connectivity index (χ4n) is 3.03. The highest BCUT2D eigenvalue weighted by Gasteiger charge is 2.28. The first-order valence-corrected chi connectivity index (χ1v) is 8.28. The number of halogens is 1. The first-order valence-electron chi connectivity index (χ1n) is 7.90. The van der Waals surface area contributed by atoms with Gasteiger partial charge in [-0.2, -0.15) is 0 Å². The number of hydrogen-bond donors (Lipinski definition) is 0. The molecule has 1 aliphatic rings. The zero-order valence-corrected chi connectivity index (χ0v) is 14.6. The molecule has 6 heteroatoms. The van der Waals surface area contributed by atoms with Crippen molar-refractivity contribution in [3.63, 3.8) is 0 Å². The van der Waals surface area contributed by atoms with Gasteiger partial charge in [-0.15, -0.1) is 0 Å². The molecule has 23 heavy (non-hydrogen) atoms. The van der Waals surface area contributed by atoms with Crippen LogP contribution < -0.4 is 4.90 Å². The Labute approximate surface area is 142 Å². The zero-order chi connectivity index (χ0) is 16.4. The monoisotopic (exact) mass is 331 g/mol. The van der Waals surface area contributed by atoms with Gasteiger partial charge in [-0.1, -0.05) is 11.6 Å². The number of rotatable bonds is 4. The zero-order valence-electron chi connectivity index (χ0n) is 13.8. The van der Waals surface area contributed by atoms with E-state index >= 15 is 0 Å². The van der Waals surface area contributed by atoms with Gasteiger partial charge in [0.15, 0.2) is 0 Å². The number of likely N-dealkylation sites (tertiary alicyclic amines) is 1. The van der Waals surface area contributed by atoms with E-state index in [0.29, 0.717) is 11.1 Å². The van der Waals surface area contributed by atoms with E-state index in [-0.39, 0.29) is 0 Å². The molecule has 0 bridgehead atoms. The van der Waals surface area contributed by atoms with Gasteiger partial charge in [0.1, 0.15) is 11.6 Å². The summed E-state index contributed by atoms with van der Waals surface area (Å²) in [6.07, 6.45) is 4.01. The van der Waals surface area contributed by atoms with Crippen LogP contribution in [0.2, 0.25) is 5.02 Å². The van der Waals surface area contributed by atoms with Crippen molar-refractivity contribution in [3.05, 3.63) is 46.6 Å². The first-order chi connectivity index (χ1) is 11.0. The Morgan fingerprint density at radius 1 is 1.30 bits per heavy atom. The minimum atomic E-state index is 0.327. The summed E-state index contributed by atoms with van der Waals surface area (Å²) < 4.78 is 0. The fraction of sp³-hybridized carbons (Fsp3) is 0.471. The molecule has 0 spiro atoms. The number of aryl methyl sites for hydroxylation is 1. The summed E-state index contributed by atoms with van der Waals surface area (Å²) in [5.74, 6) is 1.78. The van der Waals surface area contributed by atoms with Crippen LogP contribution in [0.1, 0.15) is 36.1 Å². The van der Waals surface area contributed by atoms with Crippen LogP contribution in [0, 0.1) is 6.92 Å². The van der Waals surface area contributed by atoms with E-state index in [1.807, 2.05) is 38.1 Å². The van der Waals surface area contributed by atoms with Crippen LogP contribution in [-0.4, -0.2) is 40.5 Å². The highest BCUT2D eigenvalue weighted by atomic mass is 35.5. The van der Waals surface area contributed by atoms with Crippen molar-refractivity contribution in [3.8, 4) is 0 Å². The topological polar surface area (TPSA) is 45.2 Å². The van der Waals surface area contributed by atoms with Crippen LogP contribution in [0.4, 0.5) is 5.82 Å². The summed E-state index contributed by atoms with van der Waals surface area (Å²) in [6.45, 7) is 3.84. The number of nitrogens with zero attached hydrogens (tertiary/aromatic N) is 5. The van der Waals surface area contributed by atoms with Gasteiger partial charge in [0.2, 0.25) is 0 Å². The summed E-state index contributed by atoms with van der Waals surface area (Å²) >= 11 is 5.92. The molecule has 2 aromatic heterocycles. The van der Waals surface area contributed by atoms with Gasteiger partial charge in [0.05, 0.1) is 22.5 Å². The summed E-state index contributed by atoms with van der Waals surface area (Å²) in [4.78, 5) is 18.1. The molecule has 0 aromatic carbocycles. The summed E-state index contributed by atoms with van der Waals surface area (Å²) in [5.41, 5.74) is 2.15. The number of hydrogen-bond acceptors (Lipinski definition) is 5. The van der Waals surface area contributed by atoms with E-state index in [9.17, 15) is 0 Å². The third-order valence-electron chi connectivity index (χ3n) is 4.16. The van der Waals surface area contributed by atoms with Crippen LogP contribution in [0.15, 0.2) is 24.4 Å². The van der Waals surface area contributed by atoms with Crippen LogP contribution in [-0.2, 0) is 6.54 Å². The largest absolute Gasteiger partial charge is 0.363 e. The Morgan fingerprint density at radius 2 is 2.13 bits per heavy atom. The number of aromatic nitrogens is 3. The molecule has 1 atom stereocenters. The van der Waals surface area contributed by atoms with E-state index in [1.165, 1.54) is 6.42 Å². The molecule has 0 radical (unpaired) electrons. The lowest BCUT2D eigenvalue weighted by Gasteiger charge is -2.24. The minimum absolute atomic E-state index is 0.327. The Balaban J connectivity index is 1.82. The predicted molar refractivity (Wildman–Crippen MR) is 92.7 cm³/mol. The molecule has 1 saturated heterocycles. The van der Waals surface area contributed by atoms with Crippen LogP contribution in [0.25, 0.3) is 0 Å². The van der Waals surface area contributed by atoms with Crippen molar-refractivity contribution in [1.29, 1.82) is 0 Å². The Kier molecular flexibility index (Phi) is 4.78. The van der Waals surface area contributed by atoms with Gasteiger partial charge in [-0.05, 0) is 38.4 Å². The van der Waals surface area contributed by atoms with Crippen molar-refractivity contribution >= 4 is 17.4 Å².